The van der Waals surface area contributed by atoms with E-state index in [0.717, 1.165) is 21.3 Å². The molecule has 0 unspecified atom stereocenters. The van der Waals surface area contributed by atoms with Crippen molar-refractivity contribution in [3.05, 3.63) is 41.3 Å². The van der Waals surface area contributed by atoms with Gasteiger partial charge in [-0.1, -0.05) is 0 Å². The van der Waals surface area contributed by atoms with Crippen LogP contribution in [0, 0.1) is 6.92 Å². The van der Waals surface area contributed by atoms with Gasteiger partial charge in [-0.25, -0.2) is 14.4 Å². The first-order chi connectivity index (χ1) is 8.96. The highest BCUT2D eigenvalue weighted by atomic mass is 16.5. The van der Waals surface area contributed by atoms with Gasteiger partial charge in [0.05, 0.1) is 38.0 Å². The fourth-order valence-electron chi connectivity index (χ4n) is 1.57. The van der Waals surface area contributed by atoms with Crippen molar-refractivity contribution in [2.45, 2.75) is 0 Å². The van der Waals surface area contributed by atoms with Crippen LogP contribution < -0.4 is 0 Å². The van der Waals surface area contributed by atoms with Gasteiger partial charge in [0, 0.05) is 0 Å². The first-order valence-corrected chi connectivity index (χ1v) is 5.21. The molecule has 0 fully saturated rings. The van der Waals surface area contributed by atoms with E-state index in [1.54, 1.807) is 0 Å². The molecular formula is C13H13O6. The maximum absolute atomic E-state index is 11.7. The molecule has 0 saturated heterocycles. The van der Waals surface area contributed by atoms with Crippen LogP contribution in [-0.2, 0) is 14.2 Å². The molecule has 0 aliphatic rings. The standard InChI is InChI=1S/C13H13O6/c1-7-5-8(11(14)17-2)10(13(16)19-4)9(6-7)12(15)18-3/h5-6H,1H2,2-4H3. The van der Waals surface area contributed by atoms with Gasteiger partial charge in [-0.2, -0.15) is 0 Å². The molecule has 101 valence electrons. The molecule has 6 heteroatoms. The summed E-state index contributed by atoms with van der Waals surface area (Å²) >= 11 is 0. The highest BCUT2D eigenvalue weighted by Crippen LogP contribution is 2.20. The Morgan fingerprint density at radius 1 is 0.842 bits per heavy atom. The lowest BCUT2D eigenvalue weighted by Crippen LogP contribution is -2.18. The van der Waals surface area contributed by atoms with Gasteiger partial charge in [0.1, 0.15) is 0 Å². The molecule has 0 bridgehead atoms. The summed E-state index contributed by atoms with van der Waals surface area (Å²) in [5.41, 5.74) is -0.0217. The number of hydrogen-bond acceptors (Lipinski definition) is 6. The van der Waals surface area contributed by atoms with Crippen LogP contribution in [0.15, 0.2) is 12.1 Å². The Bertz CT molecular complexity index is 495. The maximum atomic E-state index is 11.7. The van der Waals surface area contributed by atoms with Gasteiger partial charge in [0.25, 0.3) is 0 Å². The predicted octanol–water partition coefficient (Wildman–Crippen LogP) is 1.23. The summed E-state index contributed by atoms with van der Waals surface area (Å²) in [6.45, 7) is 3.63. The van der Waals surface area contributed by atoms with Gasteiger partial charge in [-0.05, 0) is 24.6 Å². The lowest BCUT2D eigenvalue weighted by Gasteiger charge is -2.11. The van der Waals surface area contributed by atoms with E-state index in [0.29, 0.717) is 5.56 Å². The molecule has 0 aliphatic carbocycles. The van der Waals surface area contributed by atoms with Crippen LogP contribution >= 0.6 is 0 Å². The Morgan fingerprint density at radius 2 is 1.21 bits per heavy atom. The molecule has 1 rings (SSSR count). The highest BCUT2D eigenvalue weighted by Gasteiger charge is 2.26. The average Bonchev–Trinajstić information content (AvgIpc) is 2.43. The van der Waals surface area contributed by atoms with E-state index >= 15 is 0 Å². The number of esters is 3. The lowest BCUT2D eigenvalue weighted by atomic mass is 9.98. The number of hydrogen-bond donors (Lipinski definition) is 0. The topological polar surface area (TPSA) is 78.9 Å². The molecule has 1 aromatic carbocycles. The normalized spacial score (nSPS) is 9.68. The second-order valence-corrected chi connectivity index (χ2v) is 3.54. The summed E-state index contributed by atoms with van der Waals surface area (Å²) in [6.07, 6.45) is 0. The monoisotopic (exact) mass is 265 g/mol. The largest absolute Gasteiger partial charge is 0.465 e. The fourth-order valence-corrected chi connectivity index (χ4v) is 1.57. The number of carbonyl (C=O) groups excluding carboxylic acids is 3. The summed E-state index contributed by atoms with van der Waals surface area (Å²) in [5, 5.41) is 0. The Labute approximate surface area is 110 Å². The number of rotatable bonds is 3. The predicted molar refractivity (Wildman–Crippen MR) is 64.9 cm³/mol. The van der Waals surface area contributed by atoms with Crippen molar-refractivity contribution in [3.8, 4) is 0 Å². The second kappa shape index (κ2) is 5.99. The number of carbonyl (C=O) groups is 3. The van der Waals surface area contributed by atoms with Crippen molar-refractivity contribution in [1.82, 2.24) is 0 Å². The third kappa shape index (κ3) is 2.90. The van der Waals surface area contributed by atoms with Crippen molar-refractivity contribution in [3.63, 3.8) is 0 Å². The molecule has 1 radical (unpaired) electrons. The fraction of sp³-hybridized carbons (Fsp3) is 0.231. The summed E-state index contributed by atoms with van der Waals surface area (Å²) in [4.78, 5) is 35.1. The number of methoxy groups -OCH3 is 3. The summed E-state index contributed by atoms with van der Waals surface area (Å²) in [7, 11) is 3.47. The minimum Gasteiger partial charge on any atom is -0.465 e. The van der Waals surface area contributed by atoms with E-state index < -0.39 is 17.9 Å². The number of ether oxygens (including phenoxy) is 3. The zero-order valence-corrected chi connectivity index (χ0v) is 10.8. The van der Waals surface area contributed by atoms with Crippen LogP contribution in [0.4, 0.5) is 0 Å². The minimum atomic E-state index is -0.833. The molecular weight excluding hydrogens is 252 g/mol. The van der Waals surface area contributed by atoms with E-state index in [-0.39, 0.29) is 16.7 Å². The molecule has 0 spiro atoms. The maximum Gasteiger partial charge on any atom is 0.339 e. The van der Waals surface area contributed by atoms with E-state index in [4.69, 9.17) is 0 Å². The second-order valence-electron chi connectivity index (χ2n) is 3.54. The van der Waals surface area contributed by atoms with Crippen LogP contribution in [0.3, 0.4) is 0 Å². The lowest BCUT2D eigenvalue weighted by molar-refractivity contribution is 0.0535. The van der Waals surface area contributed by atoms with E-state index in [2.05, 4.69) is 21.1 Å². The SMILES string of the molecule is [CH2]c1cc(C(=O)OC)c(C(=O)OC)c(C(=O)OC)c1. The Balaban J connectivity index is 3.62. The summed E-state index contributed by atoms with van der Waals surface area (Å²) in [6, 6.07) is 2.68. The third-order valence-corrected chi connectivity index (χ3v) is 2.40. The molecule has 0 amide bonds. The quantitative estimate of drug-likeness (QED) is 0.604. The van der Waals surface area contributed by atoms with Gasteiger partial charge in [-0.15, -0.1) is 0 Å². The summed E-state index contributed by atoms with van der Waals surface area (Å²) in [5.74, 6) is -2.37. The van der Waals surface area contributed by atoms with E-state index in [1.165, 1.54) is 12.1 Å². The van der Waals surface area contributed by atoms with Crippen LogP contribution in [0.1, 0.15) is 36.6 Å². The molecule has 19 heavy (non-hydrogen) atoms. The molecule has 0 aliphatic heterocycles. The molecule has 6 nitrogen and oxygen atoms in total. The zero-order chi connectivity index (χ0) is 14.6. The van der Waals surface area contributed by atoms with Crippen LogP contribution in [0.25, 0.3) is 0 Å². The average molecular weight is 265 g/mol. The number of benzene rings is 1. The van der Waals surface area contributed by atoms with E-state index in [1.807, 2.05) is 0 Å². The van der Waals surface area contributed by atoms with Crippen molar-refractivity contribution in [2.24, 2.45) is 0 Å². The van der Waals surface area contributed by atoms with E-state index in [9.17, 15) is 14.4 Å². The Kier molecular flexibility index (Phi) is 4.63. The highest BCUT2D eigenvalue weighted by molar-refractivity contribution is 6.10. The van der Waals surface area contributed by atoms with Gasteiger partial charge in [-0.3, -0.25) is 0 Å². The Hall–Kier alpha value is -2.37. The van der Waals surface area contributed by atoms with Crippen molar-refractivity contribution >= 4 is 17.9 Å². The van der Waals surface area contributed by atoms with Gasteiger partial charge in [0.15, 0.2) is 0 Å². The smallest absolute Gasteiger partial charge is 0.339 e. The third-order valence-electron chi connectivity index (χ3n) is 2.40. The molecule has 1 aromatic rings. The van der Waals surface area contributed by atoms with Crippen LogP contribution in [0.2, 0.25) is 0 Å². The molecule has 0 aromatic heterocycles. The first kappa shape index (κ1) is 14.7. The molecule has 0 saturated carbocycles. The van der Waals surface area contributed by atoms with Gasteiger partial charge < -0.3 is 14.2 Å². The zero-order valence-electron chi connectivity index (χ0n) is 10.8. The minimum absolute atomic E-state index is 0.0951. The van der Waals surface area contributed by atoms with Gasteiger partial charge in [0.2, 0.25) is 0 Å². The van der Waals surface area contributed by atoms with Crippen molar-refractivity contribution in [2.75, 3.05) is 21.3 Å². The Morgan fingerprint density at radius 3 is 1.53 bits per heavy atom. The van der Waals surface area contributed by atoms with Crippen LogP contribution in [0.5, 0.6) is 0 Å². The van der Waals surface area contributed by atoms with Crippen LogP contribution in [-0.4, -0.2) is 39.2 Å². The van der Waals surface area contributed by atoms with Crippen molar-refractivity contribution in [1.29, 1.82) is 0 Å². The molecule has 0 heterocycles. The first-order valence-electron chi connectivity index (χ1n) is 5.21. The summed E-state index contributed by atoms with van der Waals surface area (Å²) < 4.78 is 13.7. The molecule has 0 N–H and O–H groups in total. The van der Waals surface area contributed by atoms with Gasteiger partial charge >= 0.3 is 17.9 Å². The molecule has 0 atom stereocenters. The van der Waals surface area contributed by atoms with Crippen molar-refractivity contribution < 1.29 is 28.6 Å².